The summed E-state index contributed by atoms with van der Waals surface area (Å²) in [5.41, 5.74) is 2.30. The molecule has 76 valence electrons. The summed E-state index contributed by atoms with van der Waals surface area (Å²) >= 11 is 0. The summed E-state index contributed by atoms with van der Waals surface area (Å²) in [7, 11) is 1.98. The van der Waals surface area contributed by atoms with Gasteiger partial charge in [0, 0.05) is 6.04 Å². The van der Waals surface area contributed by atoms with Crippen molar-refractivity contribution in [2.45, 2.75) is 25.8 Å². The third-order valence-electron chi connectivity index (χ3n) is 2.97. The lowest BCUT2D eigenvalue weighted by atomic mass is 9.98. The standard InChI is InChI=1S/C12H16FN/c1-8-7-10(13)5-6-11(8)12(14-2)9-3-4-9/h5-7,9,12,14H,3-4H2,1-2H3. The van der Waals surface area contributed by atoms with E-state index < -0.39 is 0 Å². The van der Waals surface area contributed by atoms with E-state index in [0.717, 1.165) is 11.5 Å². The molecule has 1 aliphatic carbocycles. The van der Waals surface area contributed by atoms with Gasteiger partial charge in [-0.2, -0.15) is 0 Å². The van der Waals surface area contributed by atoms with Gasteiger partial charge in [-0.15, -0.1) is 0 Å². The Morgan fingerprint density at radius 2 is 2.14 bits per heavy atom. The van der Waals surface area contributed by atoms with E-state index >= 15 is 0 Å². The van der Waals surface area contributed by atoms with Crippen LogP contribution in [-0.2, 0) is 0 Å². The van der Waals surface area contributed by atoms with Crippen LogP contribution in [0.3, 0.4) is 0 Å². The molecule has 0 spiro atoms. The lowest BCUT2D eigenvalue weighted by molar-refractivity contribution is 0.524. The molecular formula is C12H16FN. The summed E-state index contributed by atoms with van der Waals surface area (Å²) in [6.45, 7) is 1.98. The maximum atomic E-state index is 12.9. The van der Waals surface area contributed by atoms with Crippen molar-refractivity contribution in [2.24, 2.45) is 5.92 Å². The number of hydrogen-bond donors (Lipinski definition) is 1. The summed E-state index contributed by atoms with van der Waals surface area (Å²) in [4.78, 5) is 0. The van der Waals surface area contributed by atoms with Crippen LogP contribution in [0, 0.1) is 18.7 Å². The van der Waals surface area contributed by atoms with E-state index in [0.29, 0.717) is 6.04 Å². The third-order valence-corrected chi connectivity index (χ3v) is 2.97. The molecule has 0 aromatic heterocycles. The Hall–Kier alpha value is -0.890. The smallest absolute Gasteiger partial charge is 0.123 e. The van der Waals surface area contributed by atoms with Crippen LogP contribution in [0.5, 0.6) is 0 Å². The Kier molecular flexibility index (Phi) is 2.55. The van der Waals surface area contributed by atoms with E-state index in [-0.39, 0.29) is 5.82 Å². The highest BCUT2D eigenvalue weighted by molar-refractivity contribution is 5.30. The second-order valence-corrected chi connectivity index (χ2v) is 4.10. The highest BCUT2D eigenvalue weighted by atomic mass is 19.1. The van der Waals surface area contributed by atoms with Crippen LogP contribution < -0.4 is 5.32 Å². The number of aryl methyl sites for hydroxylation is 1. The topological polar surface area (TPSA) is 12.0 Å². The number of halogens is 1. The predicted molar refractivity (Wildman–Crippen MR) is 55.7 cm³/mol. The second-order valence-electron chi connectivity index (χ2n) is 4.10. The van der Waals surface area contributed by atoms with Gasteiger partial charge >= 0.3 is 0 Å². The molecule has 1 aliphatic rings. The van der Waals surface area contributed by atoms with E-state index in [1.54, 1.807) is 12.1 Å². The molecule has 1 N–H and O–H groups in total. The largest absolute Gasteiger partial charge is 0.313 e. The zero-order chi connectivity index (χ0) is 10.1. The van der Waals surface area contributed by atoms with Crippen molar-refractivity contribution in [3.8, 4) is 0 Å². The Bertz CT molecular complexity index is 331. The van der Waals surface area contributed by atoms with Crippen LogP contribution in [0.1, 0.15) is 30.0 Å². The van der Waals surface area contributed by atoms with Gasteiger partial charge in [0.1, 0.15) is 5.82 Å². The Morgan fingerprint density at radius 1 is 1.43 bits per heavy atom. The summed E-state index contributed by atoms with van der Waals surface area (Å²) in [6.07, 6.45) is 2.59. The van der Waals surface area contributed by atoms with E-state index in [1.807, 2.05) is 20.0 Å². The highest BCUT2D eigenvalue weighted by Crippen LogP contribution is 2.41. The van der Waals surface area contributed by atoms with E-state index in [2.05, 4.69) is 5.32 Å². The first-order valence-corrected chi connectivity index (χ1v) is 5.15. The Morgan fingerprint density at radius 3 is 2.64 bits per heavy atom. The summed E-state index contributed by atoms with van der Waals surface area (Å²) in [5.74, 6) is 0.612. The average Bonchev–Trinajstić information content (AvgIpc) is 2.93. The lowest BCUT2D eigenvalue weighted by Gasteiger charge is -2.18. The van der Waals surface area contributed by atoms with Crippen molar-refractivity contribution in [3.63, 3.8) is 0 Å². The van der Waals surface area contributed by atoms with E-state index in [1.165, 1.54) is 18.4 Å². The SMILES string of the molecule is CNC(c1ccc(F)cc1C)C1CC1. The van der Waals surface area contributed by atoms with Crippen LogP contribution in [0.15, 0.2) is 18.2 Å². The number of nitrogens with one attached hydrogen (secondary N) is 1. The molecule has 2 rings (SSSR count). The molecule has 1 aromatic rings. The molecule has 1 atom stereocenters. The number of benzene rings is 1. The summed E-state index contributed by atoms with van der Waals surface area (Å²) in [6, 6.07) is 5.48. The van der Waals surface area contributed by atoms with Crippen molar-refractivity contribution in [1.82, 2.24) is 5.32 Å². The minimum atomic E-state index is -0.142. The van der Waals surface area contributed by atoms with Crippen molar-refractivity contribution >= 4 is 0 Å². The van der Waals surface area contributed by atoms with Crippen LogP contribution >= 0.6 is 0 Å². The first kappa shape index (κ1) is 9.66. The average molecular weight is 193 g/mol. The lowest BCUT2D eigenvalue weighted by Crippen LogP contribution is -2.19. The second kappa shape index (κ2) is 3.70. The number of rotatable bonds is 3. The maximum absolute atomic E-state index is 12.9. The molecule has 14 heavy (non-hydrogen) atoms. The van der Waals surface area contributed by atoms with Crippen molar-refractivity contribution in [1.29, 1.82) is 0 Å². The molecular weight excluding hydrogens is 177 g/mol. The molecule has 0 bridgehead atoms. The molecule has 0 saturated heterocycles. The minimum Gasteiger partial charge on any atom is -0.313 e. The van der Waals surface area contributed by atoms with Gasteiger partial charge in [-0.05, 0) is 56.0 Å². The summed E-state index contributed by atoms with van der Waals surface area (Å²) in [5, 5.41) is 3.32. The molecule has 0 radical (unpaired) electrons. The van der Waals surface area contributed by atoms with Crippen LogP contribution in [-0.4, -0.2) is 7.05 Å². The van der Waals surface area contributed by atoms with Crippen molar-refractivity contribution < 1.29 is 4.39 Å². The molecule has 1 nitrogen and oxygen atoms in total. The predicted octanol–water partition coefficient (Wildman–Crippen LogP) is 2.80. The molecule has 1 unspecified atom stereocenters. The highest BCUT2D eigenvalue weighted by Gasteiger charge is 2.31. The zero-order valence-electron chi connectivity index (χ0n) is 8.68. The molecule has 2 heteroatoms. The number of hydrogen-bond acceptors (Lipinski definition) is 1. The minimum absolute atomic E-state index is 0.142. The van der Waals surface area contributed by atoms with Gasteiger partial charge in [0.2, 0.25) is 0 Å². The normalized spacial score (nSPS) is 18.2. The van der Waals surface area contributed by atoms with Crippen molar-refractivity contribution in [3.05, 3.63) is 35.1 Å². The molecule has 1 aromatic carbocycles. The molecule has 0 amide bonds. The fourth-order valence-electron chi connectivity index (χ4n) is 2.06. The first-order valence-electron chi connectivity index (χ1n) is 5.15. The third kappa shape index (κ3) is 1.80. The van der Waals surface area contributed by atoms with Crippen LogP contribution in [0.2, 0.25) is 0 Å². The van der Waals surface area contributed by atoms with E-state index in [9.17, 15) is 4.39 Å². The molecule has 1 fully saturated rings. The van der Waals surface area contributed by atoms with Gasteiger partial charge in [-0.1, -0.05) is 6.07 Å². The van der Waals surface area contributed by atoms with Gasteiger partial charge in [-0.3, -0.25) is 0 Å². The van der Waals surface area contributed by atoms with Gasteiger partial charge < -0.3 is 5.32 Å². The van der Waals surface area contributed by atoms with E-state index in [4.69, 9.17) is 0 Å². The van der Waals surface area contributed by atoms with Crippen LogP contribution in [0.4, 0.5) is 4.39 Å². The fraction of sp³-hybridized carbons (Fsp3) is 0.500. The van der Waals surface area contributed by atoms with Gasteiger partial charge in [-0.25, -0.2) is 4.39 Å². The van der Waals surface area contributed by atoms with Gasteiger partial charge in [0.05, 0.1) is 0 Å². The van der Waals surface area contributed by atoms with Gasteiger partial charge in [0.25, 0.3) is 0 Å². The molecule has 1 saturated carbocycles. The molecule has 0 aliphatic heterocycles. The Labute approximate surface area is 84.3 Å². The zero-order valence-corrected chi connectivity index (χ0v) is 8.68. The molecule has 0 heterocycles. The monoisotopic (exact) mass is 193 g/mol. The first-order chi connectivity index (χ1) is 6.72. The fourth-order valence-corrected chi connectivity index (χ4v) is 2.06. The Balaban J connectivity index is 2.29. The summed E-state index contributed by atoms with van der Waals surface area (Å²) < 4.78 is 12.9. The van der Waals surface area contributed by atoms with Crippen molar-refractivity contribution in [2.75, 3.05) is 7.05 Å². The maximum Gasteiger partial charge on any atom is 0.123 e. The quantitative estimate of drug-likeness (QED) is 0.778. The van der Waals surface area contributed by atoms with Gasteiger partial charge in [0.15, 0.2) is 0 Å². The van der Waals surface area contributed by atoms with Crippen LogP contribution in [0.25, 0.3) is 0 Å².